The number of hydrogen-bond acceptors (Lipinski definition) is 5. The maximum Gasteiger partial charge on any atom is 0.350 e. The Hall–Kier alpha value is -1.23. The largest absolute Gasteiger partial charge is 0.462 e. The third-order valence-corrected chi connectivity index (χ3v) is 4.65. The number of anilines is 2. The average molecular weight is 268 g/mol. The summed E-state index contributed by atoms with van der Waals surface area (Å²) in [6.45, 7) is 5.35. The zero-order valence-corrected chi connectivity index (χ0v) is 11.7. The van der Waals surface area contributed by atoms with Crippen molar-refractivity contribution in [1.29, 1.82) is 0 Å². The van der Waals surface area contributed by atoms with E-state index >= 15 is 0 Å². The molecule has 1 fully saturated rings. The lowest BCUT2D eigenvalue weighted by molar-refractivity contribution is 0.0533. The molecule has 4 nitrogen and oxygen atoms in total. The van der Waals surface area contributed by atoms with Crippen LogP contribution in [0.25, 0.3) is 0 Å². The van der Waals surface area contributed by atoms with Crippen LogP contribution >= 0.6 is 11.3 Å². The molecule has 0 saturated heterocycles. The number of nitrogens with one attached hydrogen (secondary N) is 1. The van der Waals surface area contributed by atoms with E-state index in [1.165, 1.54) is 30.6 Å². The van der Waals surface area contributed by atoms with Gasteiger partial charge in [0.15, 0.2) is 0 Å². The zero-order valence-electron chi connectivity index (χ0n) is 10.9. The molecule has 0 bridgehead atoms. The number of carbonyl (C=O) groups is 1. The fourth-order valence-electron chi connectivity index (χ4n) is 1.96. The molecule has 0 atom stereocenters. The third kappa shape index (κ3) is 2.77. The molecular formula is C13H20N2O2S. The molecule has 1 aliphatic rings. The third-order valence-electron chi connectivity index (χ3n) is 3.57. The van der Waals surface area contributed by atoms with E-state index in [0.717, 1.165) is 11.5 Å². The topological polar surface area (TPSA) is 64.3 Å². The summed E-state index contributed by atoms with van der Waals surface area (Å²) in [7, 11) is 0. The summed E-state index contributed by atoms with van der Waals surface area (Å²) in [5.41, 5.74) is 6.81. The van der Waals surface area contributed by atoms with Gasteiger partial charge in [0.1, 0.15) is 4.88 Å². The van der Waals surface area contributed by atoms with E-state index in [1.54, 1.807) is 6.92 Å². The molecule has 0 aliphatic heterocycles. The normalized spacial score (nSPS) is 16.3. The summed E-state index contributed by atoms with van der Waals surface area (Å²) in [4.78, 5) is 12.1. The molecule has 1 heterocycles. The smallest absolute Gasteiger partial charge is 0.350 e. The standard InChI is InChI=1S/C13H20N2O2S/c1-3-13(5-6-13)8-15-10-7-9(14)11(18-10)12(16)17-4-2/h7,15H,3-6,8,14H2,1-2H3. The van der Waals surface area contributed by atoms with Crippen LogP contribution in [0, 0.1) is 5.41 Å². The van der Waals surface area contributed by atoms with E-state index in [9.17, 15) is 4.79 Å². The molecule has 0 spiro atoms. The molecule has 3 N–H and O–H groups in total. The van der Waals surface area contributed by atoms with Gasteiger partial charge in [-0.05, 0) is 37.7 Å². The van der Waals surface area contributed by atoms with E-state index < -0.39 is 0 Å². The Balaban J connectivity index is 1.98. The number of hydrogen-bond donors (Lipinski definition) is 2. The Labute approximate surface area is 112 Å². The molecule has 1 aliphatic carbocycles. The lowest BCUT2D eigenvalue weighted by Crippen LogP contribution is -2.13. The van der Waals surface area contributed by atoms with Crippen molar-refractivity contribution in [3.05, 3.63) is 10.9 Å². The molecule has 0 unspecified atom stereocenters. The van der Waals surface area contributed by atoms with Crippen LogP contribution in [-0.4, -0.2) is 19.1 Å². The van der Waals surface area contributed by atoms with Crippen molar-refractivity contribution in [2.45, 2.75) is 33.1 Å². The van der Waals surface area contributed by atoms with Crippen LogP contribution in [0.4, 0.5) is 10.7 Å². The number of nitrogen functional groups attached to an aromatic ring is 1. The highest BCUT2D eigenvalue weighted by Gasteiger charge is 2.40. The Kier molecular flexibility index (Phi) is 3.80. The van der Waals surface area contributed by atoms with Crippen LogP contribution in [0.3, 0.4) is 0 Å². The number of nitrogens with two attached hydrogens (primary N) is 1. The van der Waals surface area contributed by atoms with Crippen LogP contribution < -0.4 is 11.1 Å². The van der Waals surface area contributed by atoms with E-state index in [-0.39, 0.29) is 5.97 Å². The van der Waals surface area contributed by atoms with Crippen molar-refractivity contribution >= 4 is 28.0 Å². The van der Waals surface area contributed by atoms with Crippen LogP contribution in [-0.2, 0) is 4.74 Å². The van der Waals surface area contributed by atoms with Crippen LogP contribution in [0.5, 0.6) is 0 Å². The summed E-state index contributed by atoms with van der Waals surface area (Å²) in [5.74, 6) is -0.329. The Bertz CT molecular complexity index is 438. The molecule has 100 valence electrons. The van der Waals surface area contributed by atoms with Gasteiger partial charge in [-0.25, -0.2) is 4.79 Å². The van der Waals surface area contributed by atoms with Crippen molar-refractivity contribution in [3.63, 3.8) is 0 Å². The van der Waals surface area contributed by atoms with Crippen molar-refractivity contribution in [2.75, 3.05) is 24.2 Å². The predicted molar refractivity (Wildman–Crippen MR) is 75.1 cm³/mol. The molecule has 0 amide bonds. The minimum atomic E-state index is -0.329. The first-order valence-electron chi connectivity index (χ1n) is 6.40. The molecule has 1 aromatic heterocycles. The van der Waals surface area contributed by atoms with E-state index in [4.69, 9.17) is 10.5 Å². The van der Waals surface area contributed by atoms with Crippen molar-refractivity contribution in [2.24, 2.45) is 5.41 Å². The first-order chi connectivity index (χ1) is 8.60. The lowest BCUT2D eigenvalue weighted by atomic mass is 10.0. The van der Waals surface area contributed by atoms with Gasteiger partial charge in [0.25, 0.3) is 0 Å². The average Bonchev–Trinajstić information content (AvgIpc) is 3.04. The van der Waals surface area contributed by atoms with Crippen LogP contribution in [0.15, 0.2) is 6.07 Å². The maximum absolute atomic E-state index is 11.6. The highest BCUT2D eigenvalue weighted by Crippen LogP contribution is 2.48. The first kappa shape index (κ1) is 13.2. The number of esters is 1. The number of thiophene rings is 1. The summed E-state index contributed by atoms with van der Waals surface area (Å²) in [6, 6.07) is 1.82. The first-order valence-corrected chi connectivity index (χ1v) is 7.22. The number of ether oxygens (including phenoxy) is 1. The van der Waals surface area contributed by atoms with Gasteiger partial charge < -0.3 is 15.8 Å². The molecule has 2 rings (SSSR count). The Morgan fingerprint density at radius 3 is 2.83 bits per heavy atom. The summed E-state index contributed by atoms with van der Waals surface area (Å²) in [5, 5.41) is 4.34. The fraction of sp³-hybridized carbons (Fsp3) is 0.615. The Morgan fingerprint density at radius 1 is 1.56 bits per heavy atom. The summed E-state index contributed by atoms with van der Waals surface area (Å²) < 4.78 is 4.96. The second-order valence-electron chi connectivity index (χ2n) is 4.82. The van der Waals surface area contributed by atoms with Crippen molar-refractivity contribution in [3.8, 4) is 0 Å². The predicted octanol–water partition coefficient (Wildman–Crippen LogP) is 3.11. The van der Waals surface area contributed by atoms with Gasteiger partial charge in [-0.1, -0.05) is 6.92 Å². The summed E-state index contributed by atoms with van der Waals surface area (Å²) in [6.07, 6.45) is 3.79. The molecule has 1 saturated carbocycles. The fourth-order valence-corrected chi connectivity index (χ4v) is 2.82. The van der Waals surface area contributed by atoms with Gasteiger partial charge >= 0.3 is 5.97 Å². The Morgan fingerprint density at radius 2 is 2.28 bits per heavy atom. The van der Waals surface area contributed by atoms with Gasteiger partial charge in [0.2, 0.25) is 0 Å². The van der Waals surface area contributed by atoms with Gasteiger partial charge in [-0.2, -0.15) is 0 Å². The number of carbonyl (C=O) groups excluding carboxylic acids is 1. The highest BCUT2D eigenvalue weighted by molar-refractivity contribution is 7.18. The van der Waals surface area contributed by atoms with Crippen molar-refractivity contribution in [1.82, 2.24) is 0 Å². The van der Waals surface area contributed by atoms with Gasteiger partial charge in [0.05, 0.1) is 17.3 Å². The molecule has 1 aromatic rings. The molecule has 5 heteroatoms. The van der Waals surface area contributed by atoms with E-state index in [2.05, 4.69) is 12.2 Å². The second-order valence-corrected chi connectivity index (χ2v) is 5.87. The van der Waals surface area contributed by atoms with Crippen molar-refractivity contribution < 1.29 is 9.53 Å². The monoisotopic (exact) mass is 268 g/mol. The zero-order chi connectivity index (χ0) is 13.2. The molecular weight excluding hydrogens is 248 g/mol. The molecule has 0 aromatic carbocycles. The minimum absolute atomic E-state index is 0.329. The minimum Gasteiger partial charge on any atom is -0.462 e. The summed E-state index contributed by atoms with van der Waals surface area (Å²) >= 11 is 1.38. The van der Waals surface area contributed by atoms with E-state index in [1.807, 2.05) is 6.07 Å². The van der Waals surface area contributed by atoms with Gasteiger partial charge in [-0.15, -0.1) is 11.3 Å². The lowest BCUT2D eigenvalue weighted by Gasteiger charge is -2.12. The van der Waals surface area contributed by atoms with Crippen LogP contribution in [0.1, 0.15) is 42.8 Å². The SMILES string of the molecule is CCOC(=O)c1sc(NCC2(CC)CC2)cc1N. The number of rotatable bonds is 6. The second kappa shape index (κ2) is 5.18. The van der Waals surface area contributed by atoms with Gasteiger partial charge in [0, 0.05) is 6.54 Å². The molecule has 18 heavy (non-hydrogen) atoms. The van der Waals surface area contributed by atoms with Gasteiger partial charge in [-0.3, -0.25) is 0 Å². The highest BCUT2D eigenvalue weighted by atomic mass is 32.1. The maximum atomic E-state index is 11.6. The van der Waals surface area contributed by atoms with Crippen LogP contribution in [0.2, 0.25) is 0 Å². The van der Waals surface area contributed by atoms with E-state index in [0.29, 0.717) is 22.6 Å². The molecule has 0 radical (unpaired) electrons. The quantitative estimate of drug-likeness (QED) is 0.778.